The number of rotatable bonds is 5. The number of hydrogen-bond acceptors (Lipinski definition) is 9. The summed E-state index contributed by atoms with van der Waals surface area (Å²) in [5.41, 5.74) is -5.83. The van der Waals surface area contributed by atoms with Gasteiger partial charge in [0.2, 0.25) is 5.95 Å². The second-order valence-electron chi connectivity index (χ2n) is 9.72. The molecule has 0 atom stereocenters. The van der Waals surface area contributed by atoms with Gasteiger partial charge in [-0.1, -0.05) is 17.7 Å². The molecule has 0 N–H and O–H groups in total. The van der Waals surface area contributed by atoms with Gasteiger partial charge in [-0.05, 0) is 49.2 Å². The van der Waals surface area contributed by atoms with E-state index in [9.17, 15) is 34.4 Å². The summed E-state index contributed by atoms with van der Waals surface area (Å²) < 4.78 is 104. The normalized spacial score (nSPS) is 17.4. The summed E-state index contributed by atoms with van der Waals surface area (Å²) in [7, 11) is -10.2. The summed E-state index contributed by atoms with van der Waals surface area (Å²) in [6, 6.07) is 7.38. The van der Waals surface area contributed by atoms with Crippen LogP contribution in [0.1, 0.15) is 12.8 Å². The van der Waals surface area contributed by atoms with Gasteiger partial charge in [0, 0.05) is 19.6 Å². The maximum atomic E-state index is 13.7. The number of benzene rings is 2. The van der Waals surface area contributed by atoms with E-state index in [-0.39, 0.29) is 10.5 Å². The molecule has 1 saturated carbocycles. The monoisotopic (exact) mass is 630 g/mol. The fourth-order valence-corrected chi connectivity index (χ4v) is 7.29. The van der Waals surface area contributed by atoms with Gasteiger partial charge in [0.25, 0.3) is 19.9 Å². The standard InChI is InChI=1S/C24H19ClF4N6O4S2/c25-18-2-1-3-19-20(18)21(34-11-10-33(14-23(34)8-9-23)22-30-12-15(26)13-31-22)32-35(19)41(38,39)17-6-4-16(5-7-17)40(36,37)24(27,28)29/h1-7,12-13H,8-11,14H2. The highest BCUT2D eigenvalue weighted by atomic mass is 35.5. The highest BCUT2D eigenvalue weighted by molar-refractivity contribution is 7.92. The molecular weight excluding hydrogens is 612 g/mol. The SMILES string of the molecule is O=S(=O)(c1ccc(S(=O)(=O)C(F)(F)F)cc1)n1nc(N2CCN(c3ncc(F)cn3)CC23CC3)c2c(Cl)cccc21. The Morgan fingerprint density at radius 2 is 1.54 bits per heavy atom. The van der Waals surface area contributed by atoms with E-state index in [0.717, 1.165) is 41.5 Å². The Morgan fingerprint density at radius 1 is 0.902 bits per heavy atom. The number of alkyl halides is 3. The van der Waals surface area contributed by atoms with Crippen molar-refractivity contribution in [2.45, 2.75) is 33.7 Å². The first-order valence-electron chi connectivity index (χ1n) is 12.1. The Hall–Kier alpha value is -3.50. The first kappa shape index (κ1) is 27.7. The number of sulfone groups is 1. The second-order valence-corrected chi connectivity index (χ2v) is 13.8. The fourth-order valence-electron chi connectivity index (χ4n) is 5.00. The molecule has 6 rings (SSSR count). The number of anilines is 2. The van der Waals surface area contributed by atoms with E-state index in [4.69, 9.17) is 11.6 Å². The predicted octanol–water partition coefficient (Wildman–Crippen LogP) is 4.01. The summed E-state index contributed by atoms with van der Waals surface area (Å²) in [4.78, 5) is 10.5. The number of hydrogen-bond donors (Lipinski definition) is 0. The number of nitrogens with zero attached hydrogens (tertiary/aromatic N) is 6. The predicted molar refractivity (Wildman–Crippen MR) is 141 cm³/mol. The minimum absolute atomic E-state index is 0.139. The average Bonchev–Trinajstić information content (AvgIpc) is 3.56. The van der Waals surface area contributed by atoms with Crippen LogP contribution < -0.4 is 9.80 Å². The minimum Gasteiger partial charge on any atom is -0.345 e. The van der Waals surface area contributed by atoms with E-state index in [1.165, 1.54) is 12.1 Å². The molecule has 0 radical (unpaired) electrons. The van der Waals surface area contributed by atoms with Crippen molar-refractivity contribution in [3.05, 3.63) is 65.7 Å². The van der Waals surface area contributed by atoms with Gasteiger partial charge in [0.15, 0.2) is 11.6 Å². The van der Waals surface area contributed by atoms with Crippen molar-refractivity contribution >= 4 is 54.1 Å². The van der Waals surface area contributed by atoms with Crippen molar-refractivity contribution < 1.29 is 34.4 Å². The van der Waals surface area contributed by atoms with Crippen molar-refractivity contribution in [3.63, 3.8) is 0 Å². The number of aromatic nitrogens is 4. The van der Waals surface area contributed by atoms with Gasteiger partial charge in [-0.25, -0.2) is 22.8 Å². The van der Waals surface area contributed by atoms with E-state index < -0.39 is 46.5 Å². The van der Waals surface area contributed by atoms with E-state index in [1.807, 2.05) is 9.80 Å². The topological polar surface area (TPSA) is 118 Å². The summed E-state index contributed by atoms with van der Waals surface area (Å²) in [5.74, 6) is 0.116. The first-order valence-corrected chi connectivity index (χ1v) is 15.4. The van der Waals surface area contributed by atoms with Gasteiger partial charge in [-0.3, -0.25) is 0 Å². The van der Waals surface area contributed by atoms with Crippen molar-refractivity contribution in [2.24, 2.45) is 0 Å². The van der Waals surface area contributed by atoms with Crippen LogP contribution in [0.5, 0.6) is 0 Å². The zero-order valence-corrected chi connectivity index (χ0v) is 23.1. The molecule has 0 bridgehead atoms. The van der Waals surface area contributed by atoms with Crippen molar-refractivity contribution in [1.82, 2.24) is 19.2 Å². The molecule has 3 heterocycles. The van der Waals surface area contributed by atoms with Crippen LogP contribution in [-0.4, -0.2) is 66.7 Å². The summed E-state index contributed by atoms with van der Waals surface area (Å²) in [5, 5.41) is 5.06. The van der Waals surface area contributed by atoms with E-state index in [2.05, 4.69) is 15.1 Å². The molecule has 4 aromatic rings. The van der Waals surface area contributed by atoms with Gasteiger partial charge in [0.05, 0.1) is 43.6 Å². The Bertz CT molecular complexity index is 1880. The lowest BCUT2D eigenvalue weighted by molar-refractivity contribution is -0.0436. The quantitative estimate of drug-likeness (QED) is 0.301. The molecule has 2 aromatic heterocycles. The maximum absolute atomic E-state index is 13.7. The largest absolute Gasteiger partial charge is 0.501 e. The third kappa shape index (κ3) is 4.48. The lowest BCUT2D eigenvalue weighted by Crippen LogP contribution is -2.56. The third-order valence-corrected chi connectivity index (χ3v) is 10.6. The molecule has 216 valence electrons. The van der Waals surface area contributed by atoms with Gasteiger partial charge in [-0.2, -0.15) is 25.7 Å². The minimum atomic E-state index is -5.66. The van der Waals surface area contributed by atoms with Gasteiger partial charge in [0.1, 0.15) is 0 Å². The van der Waals surface area contributed by atoms with Crippen molar-refractivity contribution in [3.8, 4) is 0 Å². The number of halogens is 5. The molecule has 2 aliphatic rings. The van der Waals surface area contributed by atoms with E-state index in [0.29, 0.717) is 48.9 Å². The average molecular weight is 631 g/mol. The van der Waals surface area contributed by atoms with E-state index in [1.54, 1.807) is 6.07 Å². The van der Waals surface area contributed by atoms with Crippen LogP contribution in [0.3, 0.4) is 0 Å². The molecule has 2 fully saturated rings. The van der Waals surface area contributed by atoms with Crippen LogP contribution in [-0.2, 0) is 19.9 Å². The Labute approximate surface area is 236 Å². The number of fused-ring (bicyclic) bond motifs is 1. The fraction of sp³-hybridized carbons (Fsp3) is 0.292. The third-order valence-electron chi connectivity index (χ3n) is 7.19. The first-order chi connectivity index (χ1) is 19.2. The van der Waals surface area contributed by atoms with Crippen LogP contribution in [0.4, 0.5) is 29.3 Å². The Balaban J connectivity index is 1.39. The molecule has 2 aromatic carbocycles. The van der Waals surface area contributed by atoms with Crippen LogP contribution >= 0.6 is 11.6 Å². The van der Waals surface area contributed by atoms with Gasteiger partial charge >= 0.3 is 5.51 Å². The van der Waals surface area contributed by atoms with Gasteiger partial charge in [-0.15, -0.1) is 5.10 Å². The lowest BCUT2D eigenvalue weighted by Gasteiger charge is -2.42. The molecule has 17 heteroatoms. The number of piperazine rings is 1. The molecule has 1 aliphatic carbocycles. The zero-order valence-electron chi connectivity index (χ0n) is 20.8. The maximum Gasteiger partial charge on any atom is 0.501 e. The summed E-state index contributed by atoms with van der Waals surface area (Å²) in [6.07, 6.45) is 3.68. The molecule has 1 spiro atoms. The second kappa shape index (κ2) is 9.25. The van der Waals surface area contributed by atoms with Gasteiger partial charge < -0.3 is 9.80 Å². The molecule has 41 heavy (non-hydrogen) atoms. The van der Waals surface area contributed by atoms with Crippen LogP contribution in [0.2, 0.25) is 5.02 Å². The smallest absolute Gasteiger partial charge is 0.345 e. The molecule has 0 amide bonds. The van der Waals surface area contributed by atoms with E-state index >= 15 is 0 Å². The highest BCUT2D eigenvalue weighted by Gasteiger charge is 2.53. The molecule has 10 nitrogen and oxygen atoms in total. The molecule has 1 aliphatic heterocycles. The van der Waals surface area contributed by atoms with Crippen LogP contribution in [0.15, 0.2) is 64.6 Å². The molecule has 0 unspecified atom stereocenters. The Kier molecular flexibility index (Phi) is 6.24. The van der Waals surface area contributed by atoms with Crippen molar-refractivity contribution in [2.75, 3.05) is 29.4 Å². The van der Waals surface area contributed by atoms with Crippen LogP contribution in [0.25, 0.3) is 10.9 Å². The lowest BCUT2D eigenvalue weighted by atomic mass is 10.1. The molecular formula is C24H19ClF4N6O4S2. The summed E-state index contributed by atoms with van der Waals surface area (Å²) >= 11 is 6.54. The van der Waals surface area contributed by atoms with Crippen LogP contribution in [0, 0.1) is 5.82 Å². The summed E-state index contributed by atoms with van der Waals surface area (Å²) in [6.45, 7) is 1.29. The zero-order chi connectivity index (χ0) is 29.4. The van der Waals surface area contributed by atoms with Crippen molar-refractivity contribution in [1.29, 1.82) is 0 Å². The highest BCUT2D eigenvalue weighted by Crippen LogP contribution is 2.49. The Morgan fingerprint density at radius 3 is 2.15 bits per heavy atom. The molecule has 1 saturated heterocycles.